The van der Waals surface area contributed by atoms with E-state index in [4.69, 9.17) is 9.72 Å². The summed E-state index contributed by atoms with van der Waals surface area (Å²) in [6.45, 7) is 15.7. The van der Waals surface area contributed by atoms with Crippen LogP contribution in [0.2, 0.25) is 0 Å². The summed E-state index contributed by atoms with van der Waals surface area (Å²) in [5.74, 6) is 1.94. The molecule has 0 radical (unpaired) electrons. The minimum absolute atomic E-state index is 0.0212. The van der Waals surface area contributed by atoms with Crippen molar-refractivity contribution in [2.75, 3.05) is 0 Å². The van der Waals surface area contributed by atoms with Crippen LogP contribution in [0.3, 0.4) is 0 Å². The molecule has 0 unspecified atom stereocenters. The SMILES string of the molecule is Cc1cc(-n2c3[c-]c(Oc4[c-]c5c(cc4)n(-c4ccc(C(C)(C)C)cc4)c4ccccc4c4cccc6c4n5[c](=[Pt])n6-c4c(-c5ccccc5)cccc4-c4ccccc4)ccc3c3ccccc32)ncc1-c1ccc(C(C)(C)C)cc1. The Labute approximate surface area is 488 Å². The average Bonchev–Trinajstić information content (AvgIpc) is 3.25. The number of aryl methyl sites for hydroxylation is 1. The maximum atomic E-state index is 7.09. The second-order valence-electron chi connectivity index (χ2n) is 23.4. The normalized spacial score (nSPS) is 12.2. The molecule has 6 nitrogen and oxygen atoms in total. The van der Waals surface area contributed by atoms with Gasteiger partial charge in [0.2, 0.25) is 0 Å². The van der Waals surface area contributed by atoms with Crippen molar-refractivity contribution in [1.29, 1.82) is 0 Å². The van der Waals surface area contributed by atoms with E-state index in [-0.39, 0.29) is 10.8 Å². The van der Waals surface area contributed by atoms with E-state index in [2.05, 4.69) is 316 Å². The summed E-state index contributed by atoms with van der Waals surface area (Å²) in [5.41, 5.74) is 19.6. The van der Waals surface area contributed by atoms with Gasteiger partial charge in [-0.3, -0.25) is 0 Å². The molecule has 0 aliphatic rings. The Bertz CT molecular complexity index is 4860. The zero-order valence-corrected chi connectivity index (χ0v) is 49.2. The zero-order valence-electron chi connectivity index (χ0n) is 46.9. The molecular weight excluding hydrogens is 1180 g/mol. The molecule has 14 rings (SSSR count). The van der Waals surface area contributed by atoms with E-state index in [0.717, 1.165) is 120 Å². The van der Waals surface area contributed by atoms with E-state index >= 15 is 0 Å². The van der Waals surface area contributed by atoms with E-state index in [0.29, 0.717) is 11.5 Å². The summed E-state index contributed by atoms with van der Waals surface area (Å²) >= 11 is 2.56. The number of ether oxygens (including phenoxy) is 1. The van der Waals surface area contributed by atoms with Gasteiger partial charge in [-0.15, -0.1) is 0 Å². The topological polar surface area (TPSA) is 41.3 Å². The third-order valence-electron chi connectivity index (χ3n) is 16.2. The molecule has 0 aliphatic heterocycles. The van der Waals surface area contributed by atoms with Crippen LogP contribution in [-0.2, 0) is 30.2 Å². The first-order valence-electron chi connectivity index (χ1n) is 28.0. The molecule has 0 fully saturated rings. The van der Waals surface area contributed by atoms with Gasteiger partial charge >= 0.3 is 394 Å². The molecular formula is C75H59N5OPt-2. The number of imidazole rings is 1. The van der Waals surface area contributed by atoms with Crippen LogP contribution in [0, 0.1) is 22.9 Å². The van der Waals surface area contributed by atoms with Gasteiger partial charge in [-0.1, -0.05) is 57.2 Å². The van der Waals surface area contributed by atoms with Gasteiger partial charge in [0.05, 0.1) is 0 Å². The number of hydrogen-bond acceptors (Lipinski definition) is 2. The molecule has 0 aliphatic carbocycles. The summed E-state index contributed by atoms with van der Waals surface area (Å²) in [6, 6.07) is 88.5. The Morgan fingerprint density at radius 1 is 0.427 bits per heavy atom. The summed E-state index contributed by atoms with van der Waals surface area (Å²) in [7, 11) is 0. The Balaban J connectivity index is 1.02. The van der Waals surface area contributed by atoms with Gasteiger partial charge in [0, 0.05) is 11.8 Å². The van der Waals surface area contributed by atoms with Crippen molar-refractivity contribution in [3.8, 4) is 62.1 Å². The fourth-order valence-electron chi connectivity index (χ4n) is 12.0. The van der Waals surface area contributed by atoms with Crippen molar-refractivity contribution < 1.29 is 24.1 Å². The predicted molar refractivity (Wildman–Crippen MR) is 335 cm³/mol. The first-order valence-corrected chi connectivity index (χ1v) is 29.2. The zero-order chi connectivity index (χ0) is 56.0. The molecule has 10 aromatic carbocycles. The van der Waals surface area contributed by atoms with Crippen molar-refractivity contribution in [3.05, 3.63) is 263 Å². The van der Waals surface area contributed by atoms with Crippen LogP contribution < -0.4 is 4.74 Å². The maximum absolute atomic E-state index is 7.09. The number of para-hydroxylation sites is 4. The summed E-state index contributed by atoms with van der Waals surface area (Å²) in [4.78, 5) is 5.17. The molecule has 0 spiro atoms. The van der Waals surface area contributed by atoms with Crippen LogP contribution in [0.25, 0.3) is 111 Å². The molecule has 82 heavy (non-hydrogen) atoms. The molecule has 402 valence electrons. The van der Waals surface area contributed by atoms with Crippen LogP contribution >= 0.6 is 0 Å². The van der Waals surface area contributed by atoms with Gasteiger partial charge in [-0.2, -0.15) is 0 Å². The quantitative estimate of drug-likeness (QED) is 0.142. The Morgan fingerprint density at radius 2 is 0.939 bits per heavy atom. The van der Waals surface area contributed by atoms with E-state index in [1.807, 2.05) is 12.3 Å². The molecule has 4 heterocycles. The van der Waals surface area contributed by atoms with Crippen molar-refractivity contribution >= 4 is 60.2 Å². The summed E-state index contributed by atoms with van der Waals surface area (Å²) < 4.78 is 17.5. The number of rotatable bonds is 8. The number of aromatic nitrogens is 5. The first-order chi connectivity index (χ1) is 39.8. The molecule has 0 amide bonds. The number of hydrogen-bond donors (Lipinski definition) is 0. The minimum atomic E-state index is -0.0212. The molecule has 14 aromatic rings. The fourth-order valence-corrected chi connectivity index (χ4v) is 13.1. The van der Waals surface area contributed by atoms with Crippen molar-refractivity contribution in [2.24, 2.45) is 0 Å². The molecule has 0 bridgehead atoms. The van der Waals surface area contributed by atoms with Gasteiger partial charge in [0.1, 0.15) is 0 Å². The predicted octanol–water partition coefficient (Wildman–Crippen LogP) is 19.4. The van der Waals surface area contributed by atoms with Crippen LogP contribution in [0.1, 0.15) is 58.2 Å². The standard InChI is InChI=1S/C75H59N5O.Pt/c1-49-44-71(76-47-64(49)52-32-34-53(35-33-52)74(2,3)4)80-66-30-17-14-24-60(66)62-42-40-56(45-69(62)80)81-57-41-43-67-70(46-57)78-48-77(72-58(50-20-10-8-11-21-50)26-18-27-59(72)51-22-12-9-13-23-51)68-31-19-28-63(73(68)78)61-25-15-16-29-65(61)79(67)55-38-36-54(37-39-55)75(5,6)7;/h8-44,47H,1-7H3;/q-2;. The molecule has 4 aromatic heterocycles. The smallest absolute Gasteiger partial charge is 0.0579 e. The minimum Gasteiger partial charge on any atom is -0.0579 e. The number of nitrogens with zero attached hydrogens (tertiary/aromatic N) is 5. The summed E-state index contributed by atoms with van der Waals surface area (Å²) in [6.07, 6.45) is 2.01. The third kappa shape index (κ3) is 8.67. The molecule has 0 saturated heterocycles. The second-order valence-corrected chi connectivity index (χ2v) is 24.5. The van der Waals surface area contributed by atoms with E-state index in [1.165, 1.54) is 11.1 Å². The van der Waals surface area contributed by atoms with Crippen molar-refractivity contribution in [1.82, 2.24) is 23.1 Å². The van der Waals surface area contributed by atoms with E-state index < -0.39 is 0 Å². The number of benzene rings is 10. The van der Waals surface area contributed by atoms with Gasteiger partial charge < -0.3 is 0 Å². The number of pyridine rings is 1. The molecule has 0 N–H and O–H groups in total. The van der Waals surface area contributed by atoms with E-state index in [9.17, 15) is 0 Å². The Morgan fingerprint density at radius 3 is 1.56 bits per heavy atom. The van der Waals surface area contributed by atoms with Gasteiger partial charge in [-0.05, 0) is 29.0 Å². The first kappa shape index (κ1) is 51.1. The van der Waals surface area contributed by atoms with Crippen LogP contribution in [0.4, 0.5) is 0 Å². The molecule has 0 atom stereocenters. The monoisotopic (exact) mass is 1240 g/mol. The summed E-state index contributed by atoms with van der Waals surface area (Å²) in [5, 5.41) is 4.41. The average molecular weight is 1240 g/mol. The Hall–Kier alpha value is -9.09. The van der Waals surface area contributed by atoms with E-state index in [1.54, 1.807) is 0 Å². The molecule has 7 heteroatoms. The Kier molecular flexibility index (Phi) is 12.4. The van der Waals surface area contributed by atoms with Gasteiger partial charge in [0.25, 0.3) is 0 Å². The second kappa shape index (κ2) is 19.9. The van der Waals surface area contributed by atoms with Crippen LogP contribution in [0.15, 0.2) is 231 Å². The van der Waals surface area contributed by atoms with Gasteiger partial charge in [-0.25, -0.2) is 0 Å². The van der Waals surface area contributed by atoms with Gasteiger partial charge in [0.15, 0.2) is 0 Å². The van der Waals surface area contributed by atoms with Crippen molar-refractivity contribution in [2.45, 2.75) is 59.3 Å². The third-order valence-corrected chi connectivity index (χ3v) is 17.2. The molecule has 0 saturated carbocycles. The van der Waals surface area contributed by atoms with Crippen LogP contribution in [-0.4, -0.2) is 23.1 Å². The van der Waals surface area contributed by atoms with Crippen molar-refractivity contribution in [3.63, 3.8) is 0 Å². The number of fused-ring (bicyclic) bond motifs is 7. The van der Waals surface area contributed by atoms with Crippen LogP contribution in [0.5, 0.6) is 11.5 Å². The fraction of sp³-hybridized carbons (Fsp3) is 0.120.